The lowest BCUT2D eigenvalue weighted by atomic mass is 10.1. The molecule has 3 rings (SSSR count). The number of rotatable bonds is 4. The predicted molar refractivity (Wildman–Crippen MR) is 73.8 cm³/mol. The Labute approximate surface area is 111 Å². The number of imidazole rings is 1. The van der Waals surface area contributed by atoms with Crippen LogP contribution < -0.4 is 0 Å². The number of fused-ring (bicyclic) bond motifs is 1. The van der Waals surface area contributed by atoms with E-state index in [1.54, 1.807) is 0 Å². The first-order valence-electron chi connectivity index (χ1n) is 6.28. The predicted octanol–water partition coefficient (Wildman–Crippen LogP) is 2.58. The molecule has 0 bridgehead atoms. The fourth-order valence-corrected chi connectivity index (χ4v) is 3.33. The van der Waals surface area contributed by atoms with Crippen molar-refractivity contribution in [1.29, 1.82) is 0 Å². The number of hydrogen-bond donors (Lipinski definition) is 1. The standard InChI is InChI=1S/C14H16N2OS/c17-9-4-7-12-13(11-5-2-1-3-6-11)15-14-16(12)8-10-18-14/h1-3,5-6,17H,4,7-10H2. The topological polar surface area (TPSA) is 38.1 Å². The lowest BCUT2D eigenvalue weighted by Gasteiger charge is -2.06. The van der Waals surface area contributed by atoms with Crippen LogP contribution in [0.1, 0.15) is 12.1 Å². The lowest BCUT2D eigenvalue weighted by Crippen LogP contribution is -2.03. The largest absolute Gasteiger partial charge is 0.396 e. The maximum absolute atomic E-state index is 9.04. The molecule has 1 N–H and O–H groups in total. The molecule has 2 aromatic rings. The van der Waals surface area contributed by atoms with Gasteiger partial charge < -0.3 is 9.67 Å². The van der Waals surface area contributed by atoms with Gasteiger partial charge in [-0.05, 0) is 12.8 Å². The van der Waals surface area contributed by atoms with E-state index in [0.29, 0.717) is 0 Å². The molecule has 4 heteroatoms. The van der Waals surface area contributed by atoms with E-state index in [-0.39, 0.29) is 6.61 Å². The number of aromatic nitrogens is 2. The third kappa shape index (κ3) is 2.06. The average molecular weight is 260 g/mol. The Hall–Kier alpha value is -1.26. The molecule has 0 saturated heterocycles. The van der Waals surface area contributed by atoms with Gasteiger partial charge in [-0.1, -0.05) is 42.1 Å². The number of thioether (sulfide) groups is 1. The number of aliphatic hydroxyl groups excluding tert-OH is 1. The quantitative estimate of drug-likeness (QED) is 0.918. The van der Waals surface area contributed by atoms with E-state index in [1.807, 2.05) is 30.0 Å². The maximum atomic E-state index is 9.04. The van der Waals surface area contributed by atoms with Gasteiger partial charge >= 0.3 is 0 Å². The monoisotopic (exact) mass is 260 g/mol. The van der Waals surface area contributed by atoms with Crippen molar-refractivity contribution in [2.24, 2.45) is 0 Å². The van der Waals surface area contributed by atoms with E-state index in [9.17, 15) is 0 Å². The lowest BCUT2D eigenvalue weighted by molar-refractivity contribution is 0.287. The number of nitrogens with zero attached hydrogens (tertiary/aromatic N) is 2. The number of aliphatic hydroxyl groups is 1. The molecule has 0 amide bonds. The number of hydrogen-bond acceptors (Lipinski definition) is 3. The summed E-state index contributed by atoms with van der Waals surface area (Å²) in [5.41, 5.74) is 3.54. The zero-order chi connectivity index (χ0) is 12.4. The molecule has 2 heterocycles. The SMILES string of the molecule is OCCCc1c(-c2ccccc2)nc2n1CCS2. The summed E-state index contributed by atoms with van der Waals surface area (Å²) in [5, 5.41) is 10.2. The molecule has 0 spiro atoms. The van der Waals surface area contributed by atoms with Crippen LogP contribution in [-0.2, 0) is 13.0 Å². The van der Waals surface area contributed by atoms with E-state index in [1.165, 1.54) is 11.3 Å². The van der Waals surface area contributed by atoms with Gasteiger partial charge in [0.15, 0.2) is 5.16 Å². The van der Waals surface area contributed by atoms with Gasteiger partial charge in [-0.2, -0.15) is 0 Å². The molecule has 1 aliphatic rings. The summed E-state index contributed by atoms with van der Waals surface area (Å²) in [6, 6.07) is 10.3. The summed E-state index contributed by atoms with van der Waals surface area (Å²) in [5.74, 6) is 1.11. The fraction of sp³-hybridized carbons (Fsp3) is 0.357. The highest BCUT2D eigenvalue weighted by Crippen LogP contribution is 2.33. The first-order valence-corrected chi connectivity index (χ1v) is 7.27. The summed E-state index contributed by atoms with van der Waals surface area (Å²) in [4.78, 5) is 4.76. The third-order valence-corrected chi connectivity index (χ3v) is 4.16. The Balaban J connectivity index is 2.03. The van der Waals surface area contributed by atoms with E-state index in [0.717, 1.165) is 36.0 Å². The summed E-state index contributed by atoms with van der Waals surface area (Å²) >= 11 is 1.82. The molecule has 1 aromatic carbocycles. The molecule has 3 nitrogen and oxygen atoms in total. The summed E-state index contributed by atoms with van der Waals surface area (Å²) in [6.07, 6.45) is 1.70. The van der Waals surface area contributed by atoms with Gasteiger partial charge in [-0.25, -0.2) is 4.98 Å². The molecular weight excluding hydrogens is 244 g/mol. The van der Waals surface area contributed by atoms with Crippen molar-refractivity contribution in [1.82, 2.24) is 9.55 Å². The van der Waals surface area contributed by atoms with Crippen LogP contribution in [0.3, 0.4) is 0 Å². The molecule has 1 aliphatic heterocycles. The average Bonchev–Trinajstić information content (AvgIpc) is 2.98. The van der Waals surface area contributed by atoms with Gasteiger partial charge in [0, 0.05) is 30.2 Å². The van der Waals surface area contributed by atoms with Crippen molar-refractivity contribution in [2.45, 2.75) is 24.5 Å². The Morgan fingerprint density at radius 1 is 1.28 bits per heavy atom. The van der Waals surface area contributed by atoms with E-state index in [2.05, 4.69) is 16.7 Å². The van der Waals surface area contributed by atoms with Crippen molar-refractivity contribution < 1.29 is 5.11 Å². The van der Waals surface area contributed by atoms with Crippen LogP contribution in [0.4, 0.5) is 0 Å². The second-order valence-electron chi connectivity index (χ2n) is 4.38. The van der Waals surface area contributed by atoms with Crippen LogP contribution in [-0.4, -0.2) is 27.0 Å². The Morgan fingerprint density at radius 2 is 2.11 bits per heavy atom. The minimum absolute atomic E-state index is 0.238. The molecular formula is C14H16N2OS. The van der Waals surface area contributed by atoms with E-state index < -0.39 is 0 Å². The Bertz CT molecular complexity index is 536. The Kier molecular flexibility index (Phi) is 3.39. The third-order valence-electron chi connectivity index (χ3n) is 3.20. The highest BCUT2D eigenvalue weighted by molar-refractivity contribution is 7.99. The Morgan fingerprint density at radius 3 is 2.89 bits per heavy atom. The maximum Gasteiger partial charge on any atom is 0.168 e. The molecule has 1 aromatic heterocycles. The summed E-state index contributed by atoms with van der Waals surface area (Å²) < 4.78 is 2.31. The summed E-state index contributed by atoms with van der Waals surface area (Å²) in [6.45, 7) is 1.28. The van der Waals surface area contributed by atoms with Crippen LogP contribution in [0, 0.1) is 0 Å². The van der Waals surface area contributed by atoms with Crippen molar-refractivity contribution >= 4 is 11.8 Å². The van der Waals surface area contributed by atoms with Gasteiger partial charge in [-0.15, -0.1) is 0 Å². The fourth-order valence-electron chi connectivity index (χ4n) is 2.36. The second kappa shape index (κ2) is 5.16. The van der Waals surface area contributed by atoms with Crippen molar-refractivity contribution in [3.8, 4) is 11.3 Å². The molecule has 0 aliphatic carbocycles. The zero-order valence-corrected chi connectivity index (χ0v) is 11.0. The van der Waals surface area contributed by atoms with Crippen LogP contribution in [0.5, 0.6) is 0 Å². The van der Waals surface area contributed by atoms with Crippen molar-refractivity contribution in [3.05, 3.63) is 36.0 Å². The van der Waals surface area contributed by atoms with Crippen LogP contribution >= 0.6 is 11.8 Å². The second-order valence-corrected chi connectivity index (χ2v) is 5.45. The first kappa shape index (κ1) is 11.8. The number of benzene rings is 1. The highest BCUT2D eigenvalue weighted by atomic mass is 32.2. The molecule has 94 valence electrons. The smallest absolute Gasteiger partial charge is 0.168 e. The highest BCUT2D eigenvalue weighted by Gasteiger charge is 2.21. The minimum Gasteiger partial charge on any atom is -0.396 e. The van der Waals surface area contributed by atoms with Crippen LogP contribution in [0.15, 0.2) is 35.5 Å². The summed E-state index contributed by atoms with van der Waals surface area (Å²) in [7, 11) is 0. The molecule has 0 saturated carbocycles. The van der Waals surface area contributed by atoms with E-state index in [4.69, 9.17) is 10.1 Å². The van der Waals surface area contributed by atoms with Gasteiger partial charge in [0.2, 0.25) is 0 Å². The molecule has 0 radical (unpaired) electrons. The van der Waals surface area contributed by atoms with E-state index >= 15 is 0 Å². The molecule has 0 unspecified atom stereocenters. The van der Waals surface area contributed by atoms with Gasteiger partial charge in [0.1, 0.15) is 0 Å². The molecule has 0 atom stereocenters. The van der Waals surface area contributed by atoms with Crippen LogP contribution in [0.25, 0.3) is 11.3 Å². The molecule has 0 fully saturated rings. The first-order chi connectivity index (χ1) is 8.90. The van der Waals surface area contributed by atoms with Gasteiger partial charge in [0.05, 0.1) is 5.69 Å². The van der Waals surface area contributed by atoms with Crippen molar-refractivity contribution in [3.63, 3.8) is 0 Å². The normalized spacial score (nSPS) is 13.8. The minimum atomic E-state index is 0.238. The van der Waals surface area contributed by atoms with Gasteiger partial charge in [0.25, 0.3) is 0 Å². The zero-order valence-electron chi connectivity index (χ0n) is 10.2. The molecule has 18 heavy (non-hydrogen) atoms. The van der Waals surface area contributed by atoms with Gasteiger partial charge in [-0.3, -0.25) is 0 Å². The van der Waals surface area contributed by atoms with Crippen molar-refractivity contribution in [2.75, 3.05) is 12.4 Å². The van der Waals surface area contributed by atoms with Crippen LogP contribution in [0.2, 0.25) is 0 Å².